The number of hydrogen-bond donors (Lipinski definition) is 1. The molecule has 1 atom stereocenters. The van der Waals surface area contributed by atoms with Crippen molar-refractivity contribution in [2.24, 2.45) is 11.7 Å². The number of nitrogens with zero attached hydrogens (tertiary/aromatic N) is 2. The first-order valence-electron chi connectivity index (χ1n) is 5.86. The maximum Gasteiger partial charge on any atom is 0.416 e. The lowest BCUT2D eigenvalue weighted by Crippen LogP contribution is -2.32. The van der Waals surface area contributed by atoms with E-state index in [1.54, 1.807) is 4.90 Å². The van der Waals surface area contributed by atoms with Crippen LogP contribution in [0.2, 0.25) is 0 Å². The third-order valence-corrected chi connectivity index (χ3v) is 2.71. The van der Waals surface area contributed by atoms with Crippen LogP contribution in [0.25, 0.3) is 0 Å². The van der Waals surface area contributed by atoms with Crippen molar-refractivity contribution in [1.82, 2.24) is 4.98 Å². The molecule has 0 aliphatic heterocycles. The summed E-state index contributed by atoms with van der Waals surface area (Å²) in [5, 5.41) is 0. The van der Waals surface area contributed by atoms with Crippen molar-refractivity contribution in [3.8, 4) is 0 Å². The molecule has 0 aliphatic carbocycles. The van der Waals surface area contributed by atoms with Gasteiger partial charge in [0.25, 0.3) is 0 Å². The molecule has 1 rings (SSSR count). The Morgan fingerprint density at radius 1 is 1.44 bits per heavy atom. The predicted molar refractivity (Wildman–Crippen MR) is 65.3 cm³/mol. The summed E-state index contributed by atoms with van der Waals surface area (Å²) in [4.78, 5) is 5.79. The normalized spacial score (nSPS) is 13.4. The highest BCUT2D eigenvalue weighted by atomic mass is 19.4. The molecule has 0 spiro atoms. The molecule has 0 saturated heterocycles. The monoisotopic (exact) mass is 261 g/mol. The summed E-state index contributed by atoms with van der Waals surface area (Å²) in [7, 11) is 0. The molecular weight excluding hydrogens is 243 g/mol. The molecule has 2 N–H and O–H groups in total. The minimum atomic E-state index is -4.34. The highest BCUT2D eigenvalue weighted by Gasteiger charge is 2.31. The van der Waals surface area contributed by atoms with Gasteiger partial charge in [0.2, 0.25) is 0 Å². The lowest BCUT2D eigenvalue weighted by Gasteiger charge is -2.25. The van der Waals surface area contributed by atoms with E-state index in [2.05, 4.69) is 4.98 Å². The van der Waals surface area contributed by atoms with E-state index in [0.717, 1.165) is 12.1 Å². The third kappa shape index (κ3) is 3.87. The second-order valence-electron chi connectivity index (χ2n) is 4.28. The van der Waals surface area contributed by atoms with E-state index in [-0.39, 0.29) is 5.92 Å². The highest BCUT2D eigenvalue weighted by Crippen LogP contribution is 2.30. The van der Waals surface area contributed by atoms with Crippen LogP contribution in [0, 0.1) is 5.92 Å². The number of alkyl halides is 3. The van der Waals surface area contributed by atoms with Crippen LogP contribution in [0.4, 0.5) is 19.0 Å². The maximum absolute atomic E-state index is 12.6. The van der Waals surface area contributed by atoms with Crippen LogP contribution in [0.15, 0.2) is 18.3 Å². The molecule has 0 aromatic carbocycles. The minimum Gasteiger partial charge on any atom is -0.357 e. The summed E-state index contributed by atoms with van der Waals surface area (Å²) >= 11 is 0. The van der Waals surface area contributed by atoms with Crippen molar-refractivity contribution in [3.63, 3.8) is 0 Å². The fraction of sp³-hybridized carbons (Fsp3) is 0.583. The topological polar surface area (TPSA) is 42.1 Å². The second-order valence-corrected chi connectivity index (χ2v) is 4.28. The fourth-order valence-electron chi connectivity index (χ4n) is 1.60. The average molecular weight is 261 g/mol. The lowest BCUT2D eigenvalue weighted by molar-refractivity contribution is -0.137. The van der Waals surface area contributed by atoms with Crippen molar-refractivity contribution in [2.45, 2.75) is 20.0 Å². The Bertz CT molecular complexity index is 379. The van der Waals surface area contributed by atoms with E-state index < -0.39 is 11.7 Å². The Balaban J connectivity index is 2.93. The Kier molecular flexibility index (Phi) is 4.95. The van der Waals surface area contributed by atoms with Gasteiger partial charge in [-0.3, -0.25) is 0 Å². The first kappa shape index (κ1) is 14.8. The molecule has 6 heteroatoms. The molecule has 102 valence electrons. The van der Waals surface area contributed by atoms with Gasteiger partial charge in [-0.15, -0.1) is 0 Å². The quantitative estimate of drug-likeness (QED) is 0.885. The molecule has 1 unspecified atom stereocenters. The van der Waals surface area contributed by atoms with Gasteiger partial charge >= 0.3 is 6.18 Å². The summed E-state index contributed by atoms with van der Waals surface area (Å²) in [6.45, 7) is 5.52. The summed E-state index contributed by atoms with van der Waals surface area (Å²) in [6, 6.07) is 2.05. The van der Waals surface area contributed by atoms with Crippen molar-refractivity contribution in [2.75, 3.05) is 24.5 Å². The molecule has 0 fully saturated rings. The first-order valence-corrected chi connectivity index (χ1v) is 5.86. The number of pyridine rings is 1. The van der Waals surface area contributed by atoms with Crippen LogP contribution < -0.4 is 10.6 Å². The van der Waals surface area contributed by atoms with Crippen LogP contribution in [0.5, 0.6) is 0 Å². The molecular formula is C12H18F3N3. The summed E-state index contributed by atoms with van der Waals surface area (Å²) in [6.07, 6.45) is -3.15. The zero-order chi connectivity index (χ0) is 13.8. The third-order valence-electron chi connectivity index (χ3n) is 2.71. The SMILES string of the molecule is CCN(CC(C)CN)c1cc(C(F)(F)F)ccn1. The van der Waals surface area contributed by atoms with Crippen molar-refractivity contribution < 1.29 is 13.2 Å². The van der Waals surface area contributed by atoms with Gasteiger partial charge in [0.1, 0.15) is 5.82 Å². The summed E-state index contributed by atoms with van der Waals surface area (Å²) in [5.41, 5.74) is 4.85. The van der Waals surface area contributed by atoms with Gasteiger partial charge in [-0.25, -0.2) is 4.98 Å². The Hall–Kier alpha value is -1.30. The number of hydrogen-bond acceptors (Lipinski definition) is 3. The molecule has 1 heterocycles. The van der Waals surface area contributed by atoms with Crippen LogP contribution >= 0.6 is 0 Å². The van der Waals surface area contributed by atoms with Crippen LogP contribution in [0.1, 0.15) is 19.4 Å². The Morgan fingerprint density at radius 3 is 2.61 bits per heavy atom. The second kappa shape index (κ2) is 6.04. The molecule has 18 heavy (non-hydrogen) atoms. The highest BCUT2D eigenvalue weighted by molar-refractivity contribution is 5.41. The number of halogens is 3. The van der Waals surface area contributed by atoms with E-state index in [9.17, 15) is 13.2 Å². The average Bonchev–Trinajstić information content (AvgIpc) is 2.34. The lowest BCUT2D eigenvalue weighted by atomic mass is 10.1. The van der Waals surface area contributed by atoms with E-state index in [4.69, 9.17) is 5.73 Å². The predicted octanol–water partition coefficient (Wildman–Crippen LogP) is 2.52. The van der Waals surface area contributed by atoms with Crippen LogP contribution in [0.3, 0.4) is 0 Å². The number of aromatic nitrogens is 1. The Morgan fingerprint density at radius 2 is 2.11 bits per heavy atom. The van der Waals surface area contributed by atoms with Gasteiger partial charge in [0.15, 0.2) is 0 Å². The Labute approximate surface area is 105 Å². The first-order chi connectivity index (χ1) is 8.38. The van der Waals surface area contributed by atoms with Gasteiger partial charge in [0.05, 0.1) is 5.56 Å². The molecule has 0 aliphatic rings. The number of anilines is 1. The molecule has 0 saturated carbocycles. The zero-order valence-electron chi connectivity index (χ0n) is 10.5. The largest absolute Gasteiger partial charge is 0.416 e. The molecule has 0 bridgehead atoms. The number of rotatable bonds is 5. The van der Waals surface area contributed by atoms with E-state index in [1.807, 2.05) is 13.8 Å². The van der Waals surface area contributed by atoms with E-state index in [0.29, 0.717) is 25.5 Å². The molecule has 1 aromatic heterocycles. The smallest absolute Gasteiger partial charge is 0.357 e. The van der Waals surface area contributed by atoms with Crippen molar-refractivity contribution in [3.05, 3.63) is 23.9 Å². The van der Waals surface area contributed by atoms with Crippen LogP contribution in [-0.2, 0) is 6.18 Å². The molecule has 3 nitrogen and oxygen atoms in total. The van der Waals surface area contributed by atoms with E-state index >= 15 is 0 Å². The summed E-state index contributed by atoms with van der Waals surface area (Å²) < 4.78 is 37.8. The van der Waals surface area contributed by atoms with Gasteiger partial charge in [0, 0.05) is 19.3 Å². The fourth-order valence-corrected chi connectivity index (χ4v) is 1.60. The zero-order valence-corrected chi connectivity index (χ0v) is 10.5. The van der Waals surface area contributed by atoms with Gasteiger partial charge in [-0.1, -0.05) is 6.92 Å². The van der Waals surface area contributed by atoms with Crippen LogP contribution in [-0.4, -0.2) is 24.6 Å². The van der Waals surface area contributed by atoms with Gasteiger partial charge in [-0.05, 0) is 31.5 Å². The van der Waals surface area contributed by atoms with E-state index in [1.165, 1.54) is 6.20 Å². The van der Waals surface area contributed by atoms with Crippen molar-refractivity contribution >= 4 is 5.82 Å². The standard InChI is InChI=1S/C12H18F3N3/c1-3-18(8-9(2)7-16)11-6-10(4-5-17-11)12(13,14)15/h4-6,9H,3,7-8,16H2,1-2H3. The molecule has 0 amide bonds. The number of nitrogens with two attached hydrogens (primary N) is 1. The van der Waals surface area contributed by atoms with Gasteiger partial charge < -0.3 is 10.6 Å². The van der Waals surface area contributed by atoms with Gasteiger partial charge in [-0.2, -0.15) is 13.2 Å². The minimum absolute atomic E-state index is 0.210. The molecule has 1 aromatic rings. The molecule has 0 radical (unpaired) electrons. The van der Waals surface area contributed by atoms with Crippen molar-refractivity contribution in [1.29, 1.82) is 0 Å². The summed E-state index contributed by atoms with van der Waals surface area (Å²) in [5.74, 6) is 0.550. The maximum atomic E-state index is 12.6.